The molecule has 0 radical (unpaired) electrons. The number of aliphatic hydroxyl groups is 1. The number of aromatic amines is 1. The molecule has 88 valence electrons. The van der Waals surface area contributed by atoms with Crippen molar-refractivity contribution in [1.29, 1.82) is 0 Å². The number of nitrogens with one attached hydrogen (secondary N) is 2. The number of aromatic nitrogens is 1. The fourth-order valence-electron chi connectivity index (χ4n) is 2.12. The van der Waals surface area contributed by atoms with Crippen molar-refractivity contribution in [3.8, 4) is 0 Å². The first kappa shape index (κ1) is 11.4. The second-order valence-electron chi connectivity index (χ2n) is 4.39. The minimum atomic E-state index is -0.142. The summed E-state index contributed by atoms with van der Waals surface area (Å²) in [5, 5.41) is 12.6. The van der Waals surface area contributed by atoms with E-state index in [1.165, 1.54) is 0 Å². The molecule has 0 bridgehead atoms. The molecule has 1 saturated carbocycles. The van der Waals surface area contributed by atoms with Crippen molar-refractivity contribution in [2.75, 3.05) is 6.54 Å². The molecule has 0 atom stereocenters. The van der Waals surface area contributed by atoms with Gasteiger partial charge in [-0.3, -0.25) is 4.79 Å². The van der Waals surface area contributed by atoms with E-state index < -0.39 is 0 Å². The van der Waals surface area contributed by atoms with E-state index in [2.05, 4.69) is 10.3 Å². The lowest BCUT2D eigenvalue weighted by atomic mass is 9.93. The third-order valence-corrected chi connectivity index (χ3v) is 3.15. The summed E-state index contributed by atoms with van der Waals surface area (Å²) < 4.78 is 0. The highest BCUT2D eigenvalue weighted by atomic mass is 16.3. The summed E-state index contributed by atoms with van der Waals surface area (Å²) in [6, 6.07) is 3.99. The van der Waals surface area contributed by atoms with E-state index in [1.54, 1.807) is 12.3 Å². The molecular weight excluding hydrogens is 204 g/mol. The Morgan fingerprint density at radius 1 is 1.44 bits per heavy atom. The molecular formula is C12H18N2O2. The monoisotopic (exact) mass is 222 g/mol. The third-order valence-electron chi connectivity index (χ3n) is 3.15. The van der Waals surface area contributed by atoms with E-state index in [1.807, 2.05) is 6.07 Å². The molecule has 1 heterocycles. The van der Waals surface area contributed by atoms with Crippen LogP contribution in [-0.4, -0.2) is 34.6 Å². The predicted molar refractivity (Wildman–Crippen MR) is 61.4 cm³/mol. The van der Waals surface area contributed by atoms with Crippen LogP contribution in [0, 0.1) is 0 Å². The van der Waals surface area contributed by atoms with Crippen LogP contribution >= 0.6 is 0 Å². The number of H-pyrrole nitrogens is 1. The summed E-state index contributed by atoms with van der Waals surface area (Å²) in [4.78, 5) is 14.6. The topological polar surface area (TPSA) is 65.1 Å². The largest absolute Gasteiger partial charge is 0.393 e. The highest BCUT2D eigenvalue weighted by Gasteiger charge is 2.19. The Hall–Kier alpha value is -1.13. The smallest absolute Gasteiger partial charge is 0.192 e. The average Bonchev–Trinajstić information content (AvgIpc) is 2.81. The van der Waals surface area contributed by atoms with Gasteiger partial charge in [0.2, 0.25) is 0 Å². The zero-order chi connectivity index (χ0) is 11.4. The SMILES string of the molecule is O=C(CNC1CCC(O)CC1)c1ccc[nH]1. The molecule has 4 heteroatoms. The van der Waals surface area contributed by atoms with Crippen LogP contribution in [0.5, 0.6) is 0 Å². The zero-order valence-electron chi connectivity index (χ0n) is 9.28. The molecule has 1 aromatic rings. The zero-order valence-corrected chi connectivity index (χ0v) is 9.28. The van der Waals surface area contributed by atoms with Gasteiger partial charge in [0.05, 0.1) is 18.3 Å². The number of carbonyl (C=O) groups is 1. The molecule has 1 aliphatic carbocycles. The summed E-state index contributed by atoms with van der Waals surface area (Å²) in [5.74, 6) is 0.0936. The normalized spacial score (nSPS) is 25.6. The fraction of sp³-hybridized carbons (Fsp3) is 0.583. The Morgan fingerprint density at radius 2 is 2.19 bits per heavy atom. The van der Waals surface area contributed by atoms with Gasteiger partial charge in [-0.1, -0.05) is 0 Å². The van der Waals surface area contributed by atoms with Crippen molar-refractivity contribution in [3.63, 3.8) is 0 Å². The average molecular weight is 222 g/mol. The van der Waals surface area contributed by atoms with Crippen molar-refractivity contribution in [1.82, 2.24) is 10.3 Å². The number of carbonyl (C=O) groups excluding carboxylic acids is 1. The molecule has 4 nitrogen and oxygen atoms in total. The molecule has 0 amide bonds. The van der Waals surface area contributed by atoms with Gasteiger partial charge in [-0.2, -0.15) is 0 Å². The number of hydrogen-bond donors (Lipinski definition) is 3. The summed E-state index contributed by atoms with van der Waals surface area (Å²) in [7, 11) is 0. The maximum atomic E-state index is 11.7. The molecule has 3 N–H and O–H groups in total. The lowest BCUT2D eigenvalue weighted by Crippen LogP contribution is -2.37. The van der Waals surface area contributed by atoms with Gasteiger partial charge in [0.1, 0.15) is 0 Å². The summed E-state index contributed by atoms with van der Waals surface area (Å²) in [6.07, 6.45) is 5.21. The van der Waals surface area contributed by atoms with Crippen molar-refractivity contribution >= 4 is 5.78 Å². The third kappa shape index (κ3) is 2.93. The number of aliphatic hydroxyl groups excluding tert-OH is 1. The molecule has 1 aliphatic rings. The first-order valence-electron chi connectivity index (χ1n) is 5.84. The first-order valence-corrected chi connectivity index (χ1v) is 5.84. The minimum absolute atomic E-state index is 0.0936. The summed E-state index contributed by atoms with van der Waals surface area (Å²) in [6.45, 7) is 0.376. The molecule has 0 aliphatic heterocycles. The van der Waals surface area contributed by atoms with Gasteiger partial charge >= 0.3 is 0 Å². The summed E-state index contributed by atoms with van der Waals surface area (Å²) in [5.41, 5.74) is 0.656. The molecule has 0 aromatic carbocycles. The Labute approximate surface area is 95.1 Å². The molecule has 0 unspecified atom stereocenters. The van der Waals surface area contributed by atoms with E-state index in [9.17, 15) is 9.90 Å². The lowest BCUT2D eigenvalue weighted by molar-refractivity contribution is 0.0960. The molecule has 0 spiro atoms. The lowest BCUT2D eigenvalue weighted by Gasteiger charge is -2.25. The Kier molecular flexibility index (Phi) is 3.74. The van der Waals surface area contributed by atoms with Gasteiger partial charge in [0.15, 0.2) is 5.78 Å². The maximum Gasteiger partial charge on any atom is 0.192 e. The maximum absolute atomic E-state index is 11.7. The predicted octanol–water partition coefficient (Wildman–Crippen LogP) is 1.09. The Balaban J connectivity index is 1.73. The highest BCUT2D eigenvalue weighted by molar-refractivity contribution is 5.95. The Bertz CT molecular complexity index is 327. The van der Waals surface area contributed by atoms with Crippen LogP contribution in [0.15, 0.2) is 18.3 Å². The van der Waals surface area contributed by atoms with Crippen molar-refractivity contribution < 1.29 is 9.90 Å². The molecule has 0 saturated heterocycles. The van der Waals surface area contributed by atoms with Crippen molar-refractivity contribution in [2.24, 2.45) is 0 Å². The van der Waals surface area contributed by atoms with Crippen LogP contribution < -0.4 is 5.32 Å². The van der Waals surface area contributed by atoms with Gasteiger partial charge in [-0.15, -0.1) is 0 Å². The van der Waals surface area contributed by atoms with Gasteiger partial charge in [-0.05, 0) is 37.8 Å². The minimum Gasteiger partial charge on any atom is -0.393 e. The van der Waals surface area contributed by atoms with E-state index in [4.69, 9.17) is 0 Å². The van der Waals surface area contributed by atoms with Crippen LogP contribution in [0.25, 0.3) is 0 Å². The van der Waals surface area contributed by atoms with Crippen molar-refractivity contribution in [2.45, 2.75) is 37.8 Å². The van der Waals surface area contributed by atoms with E-state index >= 15 is 0 Å². The van der Waals surface area contributed by atoms with E-state index in [-0.39, 0.29) is 11.9 Å². The van der Waals surface area contributed by atoms with Crippen LogP contribution in [0.4, 0.5) is 0 Å². The second-order valence-corrected chi connectivity index (χ2v) is 4.39. The molecule has 16 heavy (non-hydrogen) atoms. The molecule has 1 aromatic heterocycles. The van der Waals surface area contributed by atoms with Gasteiger partial charge in [0, 0.05) is 12.2 Å². The number of Topliss-reactive ketones (excluding diaryl/α,β-unsaturated/α-hetero) is 1. The van der Waals surface area contributed by atoms with Gasteiger partial charge in [-0.25, -0.2) is 0 Å². The molecule has 1 fully saturated rings. The number of ketones is 1. The highest BCUT2D eigenvalue weighted by Crippen LogP contribution is 2.18. The molecule has 2 rings (SSSR count). The van der Waals surface area contributed by atoms with Crippen LogP contribution in [0.2, 0.25) is 0 Å². The van der Waals surface area contributed by atoms with E-state index in [0.717, 1.165) is 25.7 Å². The van der Waals surface area contributed by atoms with Crippen LogP contribution in [0.1, 0.15) is 36.2 Å². The van der Waals surface area contributed by atoms with Gasteiger partial charge < -0.3 is 15.4 Å². The second kappa shape index (κ2) is 5.27. The first-order chi connectivity index (χ1) is 7.75. The van der Waals surface area contributed by atoms with Crippen LogP contribution in [0.3, 0.4) is 0 Å². The van der Waals surface area contributed by atoms with Crippen molar-refractivity contribution in [3.05, 3.63) is 24.0 Å². The van der Waals surface area contributed by atoms with Gasteiger partial charge in [0.25, 0.3) is 0 Å². The quantitative estimate of drug-likeness (QED) is 0.668. The number of rotatable bonds is 4. The number of hydrogen-bond acceptors (Lipinski definition) is 3. The standard InChI is InChI=1S/C12H18N2O2/c15-10-5-3-9(4-6-10)14-8-12(16)11-2-1-7-13-11/h1-2,7,9-10,13-15H,3-6,8H2. The summed E-state index contributed by atoms with van der Waals surface area (Å²) >= 11 is 0. The Morgan fingerprint density at radius 3 is 2.81 bits per heavy atom. The van der Waals surface area contributed by atoms with E-state index in [0.29, 0.717) is 18.3 Å². The fourth-order valence-corrected chi connectivity index (χ4v) is 2.12. The van der Waals surface area contributed by atoms with Crippen LogP contribution in [-0.2, 0) is 0 Å².